The van der Waals surface area contributed by atoms with Crippen molar-refractivity contribution in [1.82, 2.24) is 4.72 Å². The fourth-order valence-corrected chi connectivity index (χ4v) is 3.11. The van der Waals surface area contributed by atoms with Crippen LogP contribution in [0.15, 0.2) is 53.4 Å². The molecule has 7 nitrogen and oxygen atoms in total. The van der Waals surface area contributed by atoms with Crippen LogP contribution >= 0.6 is 0 Å². The molecule has 0 saturated heterocycles. The van der Waals surface area contributed by atoms with Gasteiger partial charge in [-0.15, -0.1) is 0 Å². The Morgan fingerprint density at radius 2 is 1.62 bits per heavy atom. The third kappa shape index (κ3) is 4.77. The molecule has 2 aromatic carbocycles. The van der Waals surface area contributed by atoms with Gasteiger partial charge in [-0.25, -0.2) is 13.1 Å². The number of hydrogen-bond acceptors (Lipinski definition) is 5. The van der Waals surface area contributed by atoms with Gasteiger partial charge in [0, 0.05) is 30.9 Å². The summed E-state index contributed by atoms with van der Waals surface area (Å²) in [6.45, 7) is 2.57. The van der Waals surface area contributed by atoms with Gasteiger partial charge < -0.3 is 5.32 Å². The highest BCUT2D eigenvalue weighted by Gasteiger charge is 2.12. The highest BCUT2D eigenvalue weighted by molar-refractivity contribution is 7.89. The van der Waals surface area contributed by atoms with Crippen molar-refractivity contribution in [3.05, 3.63) is 64.2 Å². The molecular formula is C16H19N3O4S. The SMILES string of the molecule is CCc1ccc(S(=O)(=O)NCCNc2ccc([N+](=O)[O-])cc2)cc1. The second-order valence-corrected chi connectivity index (χ2v) is 6.89. The summed E-state index contributed by atoms with van der Waals surface area (Å²) in [5.74, 6) is 0. The van der Waals surface area contributed by atoms with E-state index in [1.54, 1.807) is 36.4 Å². The van der Waals surface area contributed by atoms with Crippen molar-refractivity contribution in [1.29, 1.82) is 0 Å². The van der Waals surface area contributed by atoms with Crippen molar-refractivity contribution in [2.75, 3.05) is 18.4 Å². The van der Waals surface area contributed by atoms with Crippen LogP contribution in [-0.4, -0.2) is 26.4 Å². The summed E-state index contributed by atoms with van der Waals surface area (Å²) in [5.41, 5.74) is 1.78. The zero-order chi connectivity index (χ0) is 17.6. The van der Waals surface area contributed by atoms with Gasteiger partial charge in [0.2, 0.25) is 10.0 Å². The van der Waals surface area contributed by atoms with Crippen LogP contribution in [0.1, 0.15) is 12.5 Å². The van der Waals surface area contributed by atoms with Crippen LogP contribution in [0.2, 0.25) is 0 Å². The molecule has 0 aliphatic carbocycles. The number of nitro benzene ring substituents is 1. The van der Waals surface area contributed by atoms with E-state index in [1.807, 2.05) is 6.92 Å². The number of anilines is 1. The fourth-order valence-electron chi connectivity index (χ4n) is 2.08. The van der Waals surface area contributed by atoms with Gasteiger partial charge in [-0.1, -0.05) is 19.1 Å². The molecule has 2 N–H and O–H groups in total. The molecule has 128 valence electrons. The lowest BCUT2D eigenvalue weighted by Crippen LogP contribution is -2.28. The lowest BCUT2D eigenvalue weighted by Gasteiger charge is -2.09. The van der Waals surface area contributed by atoms with Crippen molar-refractivity contribution in [3.8, 4) is 0 Å². The lowest BCUT2D eigenvalue weighted by atomic mass is 10.2. The first-order chi connectivity index (χ1) is 11.4. The van der Waals surface area contributed by atoms with Gasteiger partial charge in [0.15, 0.2) is 0 Å². The molecule has 0 aliphatic heterocycles. The zero-order valence-corrected chi connectivity index (χ0v) is 14.0. The minimum atomic E-state index is -3.54. The molecular weight excluding hydrogens is 330 g/mol. The molecule has 24 heavy (non-hydrogen) atoms. The van der Waals surface area contributed by atoms with Crippen molar-refractivity contribution >= 4 is 21.4 Å². The first-order valence-corrected chi connectivity index (χ1v) is 8.97. The van der Waals surface area contributed by atoms with E-state index < -0.39 is 14.9 Å². The first-order valence-electron chi connectivity index (χ1n) is 7.49. The molecule has 0 bridgehead atoms. The molecule has 0 aromatic heterocycles. The summed E-state index contributed by atoms with van der Waals surface area (Å²) in [4.78, 5) is 10.3. The predicted octanol–water partition coefficient (Wildman–Crippen LogP) is 2.55. The normalized spacial score (nSPS) is 11.2. The summed E-state index contributed by atoms with van der Waals surface area (Å²) >= 11 is 0. The van der Waals surface area contributed by atoms with E-state index >= 15 is 0 Å². The Labute approximate surface area is 140 Å². The molecule has 0 saturated carbocycles. The van der Waals surface area contributed by atoms with Crippen LogP contribution in [0.3, 0.4) is 0 Å². The minimum Gasteiger partial charge on any atom is -0.384 e. The van der Waals surface area contributed by atoms with E-state index in [2.05, 4.69) is 10.0 Å². The van der Waals surface area contributed by atoms with Crippen LogP contribution in [0.25, 0.3) is 0 Å². The van der Waals surface area contributed by atoms with Crippen LogP contribution in [0, 0.1) is 10.1 Å². The molecule has 0 aliphatic rings. The van der Waals surface area contributed by atoms with E-state index in [9.17, 15) is 18.5 Å². The van der Waals surface area contributed by atoms with Gasteiger partial charge in [-0.3, -0.25) is 10.1 Å². The van der Waals surface area contributed by atoms with E-state index in [1.165, 1.54) is 12.1 Å². The number of nitrogens with zero attached hydrogens (tertiary/aromatic N) is 1. The molecule has 0 heterocycles. The molecule has 8 heteroatoms. The third-order valence-corrected chi connectivity index (χ3v) is 4.94. The second-order valence-electron chi connectivity index (χ2n) is 5.13. The lowest BCUT2D eigenvalue weighted by molar-refractivity contribution is -0.384. The average molecular weight is 349 g/mol. The van der Waals surface area contributed by atoms with Crippen LogP contribution in [0.4, 0.5) is 11.4 Å². The van der Waals surface area contributed by atoms with Gasteiger partial charge >= 0.3 is 0 Å². The Kier molecular flexibility index (Phi) is 5.88. The Hall–Kier alpha value is -2.45. The maximum absolute atomic E-state index is 12.1. The summed E-state index contributed by atoms with van der Waals surface area (Å²) in [6.07, 6.45) is 0.854. The van der Waals surface area contributed by atoms with Gasteiger partial charge in [0.25, 0.3) is 5.69 Å². The van der Waals surface area contributed by atoms with Crippen molar-refractivity contribution in [2.45, 2.75) is 18.2 Å². The highest BCUT2D eigenvalue weighted by atomic mass is 32.2. The molecule has 0 amide bonds. The van der Waals surface area contributed by atoms with E-state index in [0.29, 0.717) is 12.2 Å². The molecule has 0 radical (unpaired) electrons. The molecule has 0 atom stereocenters. The molecule has 0 unspecified atom stereocenters. The molecule has 2 aromatic rings. The molecule has 0 spiro atoms. The minimum absolute atomic E-state index is 0.0109. The second kappa shape index (κ2) is 7.89. The molecule has 0 fully saturated rings. The van der Waals surface area contributed by atoms with Crippen molar-refractivity contribution in [3.63, 3.8) is 0 Å². The monoisotopic (exact) mass is 349 g/mol. The first kappa shape index (κ1) is 17.9. The number of rotatable bonds is 8. The van der Waals surface area contributed by atoms with Crippen LogP contribution < -0.4 is 10.0 Å². The standard InChI is InChI=1S/C16H19N3O4S/c1-2-13-3-9-16(10-4-13)24(22,23)18-12-11-17-14-5-7-15(8-6-14)19(20)21/h3-10,17-18H,2,11-12H2,1H3. The van der Waals surface area contributed by atoms with Gasteiger partial charge in [0.05, 0.1) is 9.82 Å². The van der Waals surface area contributed by atoms with Gasteiger partial charge in [-0.2, -0.15) is 0 Å². The highest BCUT2D eigenvalue weighted by Crippen LogP contribution is 2.15. The summed E-state index contributed by atoms with van der Waals surface area (Å²) < 4.78 is 26.8. The summed E-state index contributed by atoms with van der Waals surface area (Å²) in [7, 11) is -3.54. The fraction of sp³-hybridized carbons (Fsp3) is 0.250. The van der Waals surface area contributed by atoms with Gasteiger partial charge in [0.1, 0.15) is 0 Å². The summed E-state index contributed by atoms with van der Waals surface area (Å²) in [6, 6.07) is 12.7. The number of benzene rings is 2. The Bertz CT molecular complexity index is 787. The third-order valence-electron chi connectivity index (χ3n) is 3.47. The predicted molar refractivity (Wildman–Crippen MR) is 92.6 cm³/mol. The van der Waals surface area contributed by atoms with Crippen LogP contribution in [0.5, 0.6) is 0 Å². The number of sulfonamides is 1. The number of aryl methyl sites for hydroxylation is 1. The molecule has 2 rings (SSSR count). The van der Waals surface area contributed by atoms with E-state index in [4.69, 9.17) is 0 Å². The van der Waals surface area contributed by atoms with E-state index in [-0.39, 0.29) is 17.1 Å². The zero-order valence-electron chi connectivity index (χ0n) is 13.2. The topological polar surface area (TPSA) is 101 Å². The van der Waals surface area contributed by atoms with Crippen LogP contribution in [-0.2, 0) is 16.4 Å². The average Bonchev–Trinajstić information content (AvgIpc) is 2.59. The smallest absolute Gasteiger partial charge is 0.269 e. The maximum atomic E-state index is 12.1. The van der Waals surface area contributed by atoms with Crippen molar-refractivity contribution < 1.29 is 13.3 Å². The Balaban J connectivity index is 1.85. The summed E-state index contributed by atoms with van der Waals surface area (Å²) in [5, 5.41) is 13.6. The van der Waals surface area contributed by atoms with Gasteiger partial charge in [-0.05, 0) is 36.2 Å². The number of non-ortho nitro benzene ring substituents is 1. The number of nitrogens with one attached hydrogen (secondary N) is 2. The number of hydrogen-bond donors (Lipinski definition) is 2. The number of nitro groups is 1. The maximum Gasteiger partial charge on any atom is 0.269 e. The Morgan fingerprint density at radius 3 is 2.17 bits per heavy atom. The largest absolute Gasteiger partial charge is 0.384 e. The quantitative estimate of drug-likeness (QED) is 0.433. The van der Waals surface area contributed by atoms with Crippen molar-refractivity contribution in [2.24, 2.45) is 0 Å². The van der Waals surface area contributed by atoms with E-state index in [0.717, 1.165) is 12.0 Å². The Morgan fingerprint density at radius 1 is 1.00 bits per heavy atom.